The Kier molecular flexibility index (Phi) is 5.54. The van der Waals surface area contributed by atoms with Crippen molar-refractivity contribution in [1.82, 2.24) is 10.2 Å². The third-order valence-electron chi connectivity index (χ3n) is 2.76. The van der Waals surface area contributed by atoms with Gasteiger partial charge in [-0.25, -0.2) is 9.59 Å². The Hall–Kier alpha value is -2.55. The first kappa shape index (κ1) is 15.5. The molecule has 1 aromatic rings. The predicted molar refractivity (Wildman–Crippen MR) is 72.8 cm³/mol. The van der Waals surface area contributed by atoms with Gasteiger partial charge in [-0.2, -0.15) is 5.26 Å². The van der Waals surface area contributed by atoms with Crippen LogP contribution in [-0.2, 0) is 4.79 Å². The van der Waals surface area contributed by atoms with E-state index >= 15 is 0 Å². The van der Waals surface area contributed by atoms with Crippen molar-refractivity contribution < 1.29 is 14.7 Å². The van der Waals surface area contributed by atoms with Crippen molar-refractivity contribution in [2.24, 2.45) is 5.92 Å². The number of rotatable bonds is 5. The zero-order chi connectivity index (χ0) is 15.1. The van der Waals surface area contributed by atoms with E-state index in [9.17, 15) is 14.7 Å². The summed E-state index contributed by atoms with van der Waals surface area (Å²) in [6.45, 7) is 1.93. The molecule has 0 aliphatic heterocycles. The lowest BCUT2D eigenvalue weighted by Gasteiger charge is -2.22. The Morgan fingerprint density at radius 1 is 1.40 bits per heavy atom. The topological polar surface area (TPSA) is 93.4 Å². The Bertz CT molecular complexity index is 510. The molecule has 0 fully saturated rings. The number of nitriles is 1. The number of benzene rings is 1. The maximum Gasteiger partial charge on any atom is 0.330 e. The molecule has 6 heteroatoms. The molecule has 0 aliphatic carbocycles. The molecule has 0 saturated carbocycles. The van der Waals surface area contributed by atoms with Crippen LogP contribution in [0.2, 0.25) is 0 Å². The number of urea groups is 1. The van der Waals surface area contributed by atoms with Crippen molar-refractivity contribution in [2.45, 2.75) is 13.0 Å². The second-order valence-corrected chi connectivity index (χ2v) is 4.54. The van der Waals surface area contributed by atoms with Gasteiger partial charge >= 0.3 is 12.0 Å². The van der Waals surface area contributed by atoms with E-state index in [1.54, 1.807) is 37.3 Å². The number of nitrogens with zero attached hydrogens (tertiary/aromatic N) is 2. The van der Waals surface area contributed by atoms with Gasteiger partial charge < -0.3 is 15.3 Å². The zero-order valence-corrected chi connectivity index (χ0v) is 11.4. The molecule has 0 aromatic heterocycles. The predicted octanol–water partition coefficient (Wildman–Crippen LogP) is 1.61. The third kappa shape index (κ3) is 4.28. The molecule has 1 aromatic carbocycles. The highest BCUT2D eigenvalue weighted by molar-refractivity contribution is 5.83. The van der Waals surface area contributed by atoms with Crippen molar-refractivity contribution in [3.05, 3.63) is 35.9 Å². The molecule has 0 radical (unpaired) electrons. The Morgan fingerprint density at radius 2 is 2.00 bits per heavy atom. The quantitative estimate of drug-likeness (QED) is 0.853. The van der Waals surface area contributed by atoms with Crippen LogP contribution in [0.25, 0.3) is 0 Å². The van der Waals surface area contributed by atoms with Crippen molar-refractivity contribution >= 4 is 12.0 Å². The van der Waals surface area contributed by atoms with Gasteiger partial charge in [-0.1, -0.05) is 30.3 Å². The van der Waals surface area contributed by atoms with Crippen molar-refractivity contribution in [3.63, 3.8) is 0 Å². The van der Waals surface area contributed by atoms with Crippen LogP contribution in [-0.4, -0.2) is 35.6 Å². The van der Waals surface area contributed by atoms with Crippen LogP contribution >= 0.6 is 0 Å². The fourth-order valence-electron chi connectivity index (χ4n) is 1.70. The Balaban J connectivity index is 2.75. The maximum atomic E-state index is 11.9. The largest absolute Gasteiger partial charge is 0.479 e. The number of carboxylic acids is 1. The Morgan fingerprint density at radius 3 is 2.50 bits per heavy atom. The molecule has 0 heterocycles. The SMILES string of the molecule is CC(C#N)CN(C)C(=O)NC(C(=O)O)c1ccccc1. The molecule has 106 valence electrons. The summed E-state index contributed by atoms with van der Waals surface area (Å²) in [5.74, 6) is -1.45. The number of carboxylic acid groups (broad SMARTS) is 1. The summed E-state index contributed by atoms with van der Waals surface area (Å²) in [7, 11) is 1.52. The second-order valence-electron chi connectivity index (χ2n) is 4.54. The summed E-state index contributed by atoms with van der Waals surface area (Å²) >= 11 is 0. The van der Waals surface area contributed by atoms with E-state index in [4.69, 9.17) is 5.26 Å². The number of carbonyl (C=O) groups excluding carboxylic acids is 1. The summed E-state index contributed by atoms with van der Waals surface area (Å²) in [5.41, 5.74) is 0.495. The third-order valence-corrected chi connectivity index (χ3v) is 2.76. The zero-order valence-electron chi connectivity index (χ0n) is 11.4. The molecule has 20 heavy (non-hydrogen) atoms. The molecule has 0 spiro atoms. The molecule has 6 nitrogen and oxygen atoms in total. The molecule has 1 rings (SSSR count). The van der Waals surface area contributed by atoms with Gasteiger partial charge in [-0.15, -0.1) is 0 Å². The molecular formula is C14H17N3O3. The van der Waals surface area contributed by atoms with Gasteiger partial charge in [-0.05, 0) is 12.5 Å². The van der Waals surface area contributed by atoms with E-state index in [1.165, 1.54) is 11.9 Å². The number of nitrogens with one attached hydrogen (secondary N) is 1. The maximum absolute atomic E-state index is 11.9. The van der Waals surface area contributed by atoms with Crippen LogP contribution in [0.3, 0.4) is 0 Å². The number of hydrogen-bond donors (Lipinski definition) is 2. The van der Waals surface area contributed by atoms with Crippen molar-refractivity contribution in [3.8, 4) is 6.07 Å². The highest BCUT2D eigenvalue weighted by atomic mass is 16.4. The van der Waals surface area contributed by atoms with Gasteiger partial charge in [0, 0.05) is 13.6 Å². The van der Waals surface area contributed by atoms with Crippen LogP contribution < -0.4 is 5.32 Å². The minimum Gasteiger partial charge on any atom is -0.479 e. The van der Waals surface area contributed by atoms with Crippen LogP contribution in [0.1, 0.15) is 18.5 Å². The molecule has 0 saturated heterocycles. The standard InChI is InChI=1S/C14H17N3O3/c1-10(8-15)9-17(2)14(20)16-12(13(18)19)11-6-4-3-5-7-11/h3-7,10,12H,9H2,1-2H3,(H,16,20)(H,18,19). The van der Waals surface area contributed by atoms with Gasteiger partial charge in [0.05, 0.1) is 12.0 Å². The van der Waals surface area contributed by atoms with Gasteiger partial charge in [0.25, 0.3) is 0 Å². The monoisotopic (exact) mass is 275 g/mol. The van der Waals surface area contributed by atoms with Crippen molar-refractivity contribution in [1.29, 1.82) is 5.26 Å². The Labute approximate surface area is 117 Å². The van der Waals surface area contributed by atoms with Crippen LogP contribution in [0.4, 0.5) is 4.79 Å². The minimum absolute atomic E-state index is 0.240. The molecule has 0 aliphatic rings. The van der Waals surface area contributed by atoms with Gasteiger partial charge in [0.2, 0.25) is 0 Å². The van der Waals surface area contributed by atoms with Crippen LogP contribution in [0, 0.1) is 17.2 Å². The minimum atomic E-state index is -1.13. The molecular weight excluding hydrogens is 258 g/mol. The van der Waals surface area contributed by atoms with Gasteiger partial charge in [-0.3, -0.25) is 0 Å². The molecule has 2 N–H and O–H groups in total. The lowest BCUT2D eigenvalue weighted by Crippen LogP contribution is -2.43. The van der Waals surface area contributed by atoms with Crippen molar-refractivity contribution in [2.75, 3.05) is 13.6 Å². The molecule has 2 unspecified atom stereocenters. The first-order valence-corrected chi connectivity index (χ1v) is 6.14. The first-order chi connectivity index (χ1) is 9.45. The van der Waals surface area contributed by atoms with Gasteiger partial charge in [0.1, 0.15) is 0 Å². The summed E-state index contributed by atoms with van der Waals surface area (Å²) < 4.78 is 0. The van der Waals surface area contributed by atoms with E-state index in [2.05, 4.69) is 5.32 Å². The average molecular weight is 275 g/mol. The number of amides is 2. The van der Waals surface area contributed by atoms with Gasteiger partial charge in [0.15, 0.2) is 6.04 Å². The normalized spacial score (nSPS) is 12.8. The van der Waals surface area contributed by atoms with E-state index in [0.29, 0.717) is 5.56 Å². The number of carbonyl (C=O) groups is 2. The van der Waals surface area contributed by atoms with E-state index in [0.717, 1.165) is 0 Å². The highest BCUT2D eigenvalue weighted by Gasteiger charge is 2.23. The first-order valence-electron chi connectivity index (χ1n) is 6.14. The van der Waals surface area contributed by atoms with Crippen LogP contribution in [0.15, 0.2) is 30.3 Å². The summed E-state index contributed by atoms with van der Waals surface area (Å²) in [5, 5.41) is 20.4. The number of aliphatic carboxylic acids is 1. The van der Waals surface area contributed by atoms with Crippen LogP contribution in [0.5, 0.6) is 0 Å². The van der Waals surface area contributed by atoms with E-state index in [-0.39, 0.29) is 12.5 Å². The number of hydrogen-bond acceptors (Lipinski definition) is 3. The van der Waals surface area contributed by atoms with E-state index in [1.807, 2.05) is 6.07 Å². The second kappa shape index (κ2) is 7.14. The molecule has 0 bridgehead atoms. The molecule has 2 amide bonds. The lowest BCUT2D eigenvalue weighted by molar-refractivity contribution is -0.139. The average Bonchev–Trinajstić information content (AvgIpc) is 2.44. The summed E-state index contributed by atoms with van der Waals surface area (Å²) in [6.07, 6.45) is 0. The van der Waals surface area contributed by atoms with E-state index < -0.39 is 18.0 Å². The smallest absolute Gasteiger partial charge is 0.330 e. The lowest BCUT2D eigenvalue weighted by atomic mass is 10.1. The summed E-state index contributed by atoms with van der Waals surface area (Å²) in [6, 6.07) is 8.84. The fourth-order valence-corrected chi connectivity index (χ4v) is 1.70. The molecule has 2 atom stereocenters. The fraction of sp³-hybridized carbons (Fsp3) is 0.357. The summed E-state index contributed by atoms with van der Waals surface area (Å²) in [4.78, 5) is 24.5. The highest BCUT2D eigenvalue weighted by Crippen LogP contribution is 2.13.